The van der Waals surface area contributed by atoms with Crippen molar-refractivity contribution in [1.29, 1.82) is 10.8 Å². The van der Waals surface area contributed by atoms with E-state index in [4.69, 9.17) is 10.8 Å². The molecule has 2 rings (SSSR count). The monoisotopic (exact) mass is 200 g/mol. The fourth-order valence-corrected chi connectivity index (χ4v) is 1.41. The van der Waals surface area contributed by atoms with Crippen molar-refractivity contribution in [1.82, 2.24) is 0 Å². The Hall–Kier alpha value is -2.03. The van der Waals surface area contributed by atoms with E-state index in [0.29, 0.717) is 11.3 Å². The molecule has 0 unspecified atom stereocenters. The highest BCUT2D eigenvalue weighted by Crippen LogP contribution is 2.20. The maximum atomic E-state index is 13.0. The van der Waals surface area contributed by atoms with Crippen LogP contribution in [-0.2, 0) is 0 Å². The molecule has 0 bridgehead atoms. The second-order valence-electron chi connectivity index (χ2n) is 3.27. The number of hydrogen-bond acceptors (Lipinski definition) is 2. The maximum Gasteiger partial charge on any atom is 0.123 e. The molecule has 0 heterocycles. The van der Waals surface area contributed by atoms with E-state index in [-0.39, 0.29) is 11.5 Å². The Labute approximate surface area is 86.8 Å². The van der Waals surface area contributed by atoms with Crippen LogP contribution >= 0.6 is 0 Å². The van der Waals surface area contributed by atoms with Gasteiger partial charge in [-0.05, 0) is 36.0 Å². The average Bonchev–Trinajstić information content (AvgIpc) is 2.23. The summed E-state index contributed by atoms with van der Waals surface area (Å²) in [5.74, 6) is -0.351. The van der Waals surface area contributed by atoms with Gasteiger partial charge in [-0.3, -0.25) is 0 Å². The molecular formula is C12H9FN2. The van der Waals surface area contributed by atoms with Gasteiger partial charge in [0, 0.05) is 5.57 Å². The third-order valence-electron chi connectivity index (χ3n) is 2.18. The van der Waals surface area contributed by atoms with Crippen LogP contribution in [0, 0.1) is 10.8 Å². The minimum absolute atomic E-state index is 0.286. The first-order valence-corrected chi connectivity index (χ1v) is 4.50. The van der Waals surface area contributed by atoms with Crippen LogP contribution in [0.5, 0.6) is 0 Å². The molecule has 0 aromatic heterocycles. The number of hydrogen-bond donors (Lipinski definition) is 2. The quantitative estimate of drug-likeness (QED) is 0.604. The van der Waals surface area contributed by atoms with Crippen LogP contribution in [0.15, 0.2) is 59.5 Å². The number of halogens is 1. The minimum Gasteiger partial charge on any atom is -0.301 e. The Morgan fingerprint density at radius 1 is 0.867 bits per heavy atom. The fourth-order valence-electron chi connectivity index (χ4n) is 1.41. The van der Waals surface area contributed by atoms with Crippen molar-refractivity contribution in [2.45, 2.75) is 0 Å². The van der Waals surface area contributed by atoms with Crippen molar-refractivity contribution in [2.75, 3.05) is 0 Å². The summed E-state index contributed by atoms with van der Waals surface area (Å²) >= 11 is 0. The van der Waals surface area contributed by atoms with E-state index in [0.717, 1.165) is 5.57 Å². The highest BCUT2D eigenvalue weighted by Gasteiger charge is 2.11. The Bertz CT molecular complexity index is 470. The molecule has 0 aromatic carbocycles. The summed E-state index contributed by atoms with van der Waals surface area (Å²) in [6.07, 6.45) is 10.7. The van der Waals surface area contributed by atoms with Gasteiger partial charge in [-0.15, -0.1) is 0 Å². The highest BCUT2D eigenvalue weighted by atomic mass is 19.1. The van der Waals surface area contributed by atoms with Gasteiger partial charge < -0.3 is 10.8 Å². The molecule has 2 N–H and O–H groups in total. The number of rotatable bonds is 0. The summed E-state index contributed by atoms with van der Waals surface area (Å²) in [6, 6.07) is 0. The molecule has 0 fully saturated rings. The van der Waals surface area contributed by atoms with Crippen LogP contribution in [0.25, 0.3) is 0 Å². The average molecular weight is 200 g/mol. The second-order valence-corrected chi connectivity index (χ2v) is 3.27. The largest absolute Gasteiger partial charge is 0.301 e. The molecular weight excluding hydrogens is 191 g/mol. The molecule has 0 spiro atoms. The van der Waals surface area contributed by atoms with E-state index in [2.05, 4.69) is 0 Å². The Kier molecular flexibility index (Phi) is 2.29. The molecule has 2 nitrogen and oxygen atoms in total. The predicted octanol–water partition coefficient (Wildman–Crippen LogP) is 2.87. The Morgan fingerprint density at radius 2 is 1.53 bits per heavy atom. The summed E-state index contributed by atoms with van der Waals surface area (Å²) < 4.78 is 13.0. The SMILES string of the molecule is N=C1C=CC(=C2C=C(F)C=CC2=N)C=C1. The van der Waals surface area contributed by atoms with E-state index in [1.54, 1.807) is 24.3 Å². The normalized spacial score (nSPS) is 19.9. The van der Waals surface area contributed by atoms with Crippen LogP contribution in [0.3, 0.4) is 0 Å². The van der Waals surface area contributed by atoms with Crippen molar-refractivity contribution in [3.8, 4) is 0 Å². The third-order valence-corrected chi connectivity index (χ3v) is 2.18. The molecule has 2 aliphatic carbocycles. The Morgan fingerprint density at radius 3 is 2.20 bits per heavy atom. The standard InChI is InChI=1S/C12H9FN2/c13-9-3-6-12(15)11(7-9)8-1-4-10(14)5-2-8/h1-7,14-15H. The van der Waals surface area contributed by atoms with Crippen molar-refractivity contribution >= 4 is 11.4 Å². The van der Waals surface area contributed by atoms with Crippen molar-refractivity contribution in [2.24, 2.45) is 0 Å². The molecule has 0 aliphatic heterocycles. The van der Waals surface area contributed by atoms with Gasteiger partial charge in [0.25, 0.3) is 0 Å². The molecule has 0 amide bonds. The molecule has 15 heavy (non-hydrogen) atoms. The van der Waals surface area contributed by atoms with E-state index in [1.165, 1.54) is 18.2 Å². The van der Waals surface area contributed by atoms with Gasteiger partial charge >= 0.3 is 0 Å². The van der Waals surface area contributed by atoms with E-state index >= 15 is 0 Å². The van der Waals surface area contributed by atoms with Crippen LogP contribution < -0.4 is 0 Å². The van der Waals surface area contributed by atoms with Crippen molar-refractivity contribution in [3.05, 3.63) is 59.5 Å². The summed E-state index contributed by atoms with van der Waals surface area (Å²) in [5.41, 5.74) is 2.00. The fraction of sp³-hybridized carbons (Fsp3) is 0. The van der Waals surface area contributed by atoms with Crippen molar-refractivity contribution in [3.63, 3.8) is 0 Å². The zero-order chi connectivity index (χ0) is 10.8. The van der Waals surface area contributed by atoms with Gasteiger partial charge in [0.2, 0.25) is 0 Å². The molecule has 0 saturated carbocycles. The van der Waals surface area contributed by atoms with Crippen LogP contribution in [0.1, 0.15) is 0 Å². The van der Waals surface area contributed by atoms with E-state index in [1.807, 2.05) is 0 Å². The molecule has 0 saturated heterocycles. The molecule has 3 heteroatoms. The molecule has 74 valence electrons. The minimum atomic E-state index is -0.351. The van der Waals surface area contributed by atoms with E-state index in [9.17, 15) is 4.39 Å². The number of allylic oxidation sites excluding steroid dienone is 10. The molecule has 2 aliphatic rings. The summed E-state index contributed by atoms with van der Waals surface area (Å²) in [5, 5.41) is 15.0. The van der Waals surface area contributed by atoms with Gasteiger partial charge in [-0.25, -0.2) is 4.39 Å². The molecule has 0 radical (unpaired) electrons. The lowest BCUT2D eigenvalue weighted by Crippen LogP contribution is -2.04. The van der Waals surface area contributed by atoms with Gasteiger partial charge in [-0.2, -0.15) is 0 Å². The van der Waals surface area contributed by atoms with Crippen LogP contribution in [0.2, 0.25) is 0 Å². The van der Waals surface area contributed by atoms with Crippen molar-refractivity contribution < 1.29 is 4.39 Å². The lowest BCUT2D eigenvalue weighted by atomic mass is 9.96. The Balaban J connectivity index is 2.46. The lowest BCUT2D eigenvalue weighted by molar-refractivity contribution is 0.665. The van der Waals surface area contributed by atoms with Gasteiger partial charge in [0.15, 0.2) is 0 Å². The zero-order valence-electron chi connectivity index (χ0n) is 7.92. The highest BCUT2D eigenvalue weighted by molar-refractivity contribution is 6.12. The van der Waals surface area contributed by atoms with Gasteiger partial charge in [0.05, 0.1) is 11.4 Å². The molecule has 0 aromatic rings. The lowest BCUT2D eigenvalue weighted by Gasteiger charge is -2.10. The summed E-state index contributed by atoms with van der Waals surface area (Å²) in [6.45, 7) is 0. The first-order chi connectivity index (χ1) is 7.16. The first kappa shape index (κ1) is 9.52. The maximum absolute atomic E-state index is 13.0. The number of nitrogens with one attached hydrogen (secondary N) is 2. The smallest absolute Gasteiger partial charge is 0.123 e. The summed E-state index contributed by atoms with van der Waals surface area (Å²) in [7, 11) is 0. The zero-order valence-corrected chi connectivity index (χ0v) is 7.92. The van der Waals surface area contributed by atoms with Gasteiger partial charge in [-0.1, -0.05) is 12.2 Å². The van der Waals surface area contributed by atoms with Crippen LogP contribution in [0.4, 0.5) is 4.39 Å². The third kappa shape index (κ3) is 1.91. The van der Waals surface area contributed by atoms with Gasteiger partial charge in [0.1, 0.15) is 5.83 Å². The first-order valence-electron chi connectivity index (χ1n) is 4.50. The summed E-state index contributed by atoms with van der Waals surface area (Å²) in [4.78, 5) is 0. The second kappa shape index (κ2) is 3.61. The van der Waals surface area contributed by atoms with Crippen LogP contribution in [-0.4, -0.2) is 11.4 Å². The topological polar surface area (TPSA) is 47.7 Å². The van der Waals surface area contributed by atoms with E-state index < -0.39 is 0 Å². The predicted molar refractivity (Wildman–Crippen MR) is 59.1 cm³/mol. The molecule has 0 atom stereocenters.